The molecule has 172 valence electrons. The minimum absolute atomic E-state index is 0.00816. The van der Waals surface area contributed by atoms with Crippen LogP contribution in [0.2, 0.25) is 0 Å². The molecular formula is C22H31F2N3O4. The van der Waals surface area contributed by atoms with Gasteiger partial charge in [-0.3, -0.25) is 14.6 Å². The average Bonchev–Trinajstić information content (AvgIpc) is 3.13. The van der Waals surface area contributed by atoms with Gasteiger partial charge in [0.05, 0.1) is 19.3 Å². The van der Waals surface area contributed by atoms with Gasteiger partial charge < -0.3 is 19.5 Å². The van der Waals surface area contributed by atoms with Gasteiger partial charge >= 0.3 is 0 Å². The van der Waals surface area contributed by atoms with Crippen molar-refractivity contribution in [2.24, 2.45) is 0 Å². The summed E-state index contributed by atoms with van der Waals surface area (Å²) in [6, 6.07) is 7.51. The molecule has 1 aromatic rings. The molecule has 1 aromatic carbocycles. The SMILES string of the molecule is O=C(COc1ccc(CN2C[C@H](O)[C@@H](N3CCC(F)(F)CC3)C2)cc1)N1CCOCC1. The number of aliphatic hydroxyl groups is 1. The Morgan fingerprint density at radius 3 is 2.45 bits per heavy atom. The number of likely N-dealkylation sites (tertiary alicyclic amines) is 2. The Bertz CT molecular complexity index is 733. The van der Waals surface area contributed by atoms with E-state index in [2.05, 4.69) is 4.90 Å². The number of nitrogens with zero attached hydrogens (tertiary/aromatic N) is 3. The fourth-order valence-electron chi connectivity index (χ4n) is 4.52. The Morgan fingerprint density at radius 1 is 1.10 bits per heavy atom. The quantitative estimate of drug-likeness (QED) is 0.719. The molecule has 4 rings (SSSR count). The van der Waals surface area contributed by atoms with Crippen molar-refractivity contribution in [3.63, 3.8) is 0 Å². The number of ether oxygens (including phenoxy) is 2. The normalized spacial score (nSPS) is 27.4. The fraction of sp³-hybridized carbons (Fsp3) is 0.682. The highest BCUT2D eigenvalue weighted by Gasteiger charge is 2.41. The third-order valence-corrected chi connectivity index (χ3v) is 6.39. The van der Waals surface area contributed by atoms with Gasteiger partial charge in [0, 0.05) is 64.7 Å². The number of halogens is 2. The lowest BCUT2D eigenvalue weighted by Crippen LogP contribution is -2.49. The second kappa shape index (κ2) is 9.77. The second-order valence-electron chi connectivity index (χ2n) is 8.65. The number of alkyl halides is 2. The molecule has 3 fully saturated rings. The van der Waals surface area contributed by atoms with Crippen molar-refractivity contribution in [1.82, 2.24) is 14.7 Å². The van der Waals surface area contributed by atoms with Crippen LogP contribution >= 0.6 is 0 Å². The first-order valence-electron chi connectivity index (χ1n) is 11.0. The molecule has 3 saturated heterocycles. The maximum atomic E-state index is 13.4. The Kier molecular flexibility index (Phi) is 7.05. The largest absolute Gasteiger partial charge is 0.484 e. The average molecular weight is 440 g/mol. The highest BCUT2D eigenvalue weighted by molar-refractivity contribution is 5.77. The first-order valence-corrected chi connectivity index (χ1v) is 11.0. The molecule has 0 aromatic heterocycles. The molecule has 1 N–H and O–H groups in total. The third kappa shape index (κ3) is 5.91. The predicted octanol–water partition coefficient (Wildman–Crippen LogP) is 1.20. The summed E-state index contributed by atoms with van der Waals surface area (Å²) >= 11 is 0. The number of carbonyl (C=O) groups excluding carboxylic acids is 1. The molecule has 0 bridgehead atoms. The second-order valence-corrected chi connectivity index (χ2v) is 8.65. The number of hydrogen-bond acceptors (Lipinski definition) is 6. The van der Waals surface area contributed by atoms with Gasteiger partial charge in [0.1, 0.15) is 5.75 Å². The van der Waals surface area contributed by atoms with Crippen LogP contribution in [0, 0.1) is 0 Å². The van der Waals surface area contributed by atoms with Gasteiger partial charge in [-0.25, -0.2) is 8.78 Å². The van der Waals surface area contributed by atoms with Gasteiger partial charge in [0.15, 0.2) is 6.61 Å². The van der Waals surface area contributed by atoms with Crippen LogP contribution in [0.3, 0.4) is 0 Å². The van der Waals surface area contributed by atoms with Crippen LogP contribution in [0.15, 0.2) is 24.3 Å². The summed E-state index contributed by atoms with van der Waals surface area (Å²) in [7, 11) is 0. The van der Waals surface area contributed by atoms with Crippen LogP contribution in [0.1, 0.15) is 18.4 Å². The number of piperidine rings is 1. The molecular weight excluding hydrogens is 408 g/mol. The summed E-state index contributed by atoms with van der Waals surface area (Å²) in [5.41, 5.74) is 1.07. The topological polar surface area (TPSA) is 65.5 Å². The summed E-state index contributed by atoms with van der Waals surface area (Å²) in [5.74, 6) is -1.98. The van der Waals surface area contributed by atoms with E-state index in [4.69, 9.17) is 9.47 Å². The van der Waals surface area contributed by atoms with Crippen LogP contribution in [0.25, 0.3) is 0 Å². The number of rotatable bonds is 6. The van der Waals surface area contributed by atoms with Crippen molar-refractivity contribution in [2.45, 2.75) is 37.5 Å². The molecule has 9 heteroatoms. The van der Waals surface area contributed by atoms with Gasteiger partial charge in [0.2, 0.25) is 0 Å². The number of β-amino-alcohol motifs (C(OH)–C–C–N with tert-alkyl or cyclic N) is 1. The van der Waals surface area contributed by atoms with Gasteiger partial charge in [0.25, 0.3) is 11.8 Å². The van der Waals surface area contributed by atoms with E-state index in [9.17, 15) is 18.7 Å². The highest BCUT2D eigenvalue weighted by atomic mass is 19.3. The first kappa shape index (κ1) is 22.4. The van der Waals surface area contributed by atoms with Crippen LogP contribution in [-0.4, -0.2) is 103 Å². The molecule has 0 aliphatic carbocycles. The van der Waals surface area contributed by atoms with Gasteiger partial charge in [-0.2, -0.15) is 0 Å². The highest BCUT2D eigenvalue weighted by Crippen LogP contribution is 2.30. The molecule has 3 heterocycles. The van der Waals surface area contributed by atoms with E-state index in [0.29, 0.717) is 64.8 Å². The van der Waals surface area contributed by atoms with Crippen LogP contribution < -0.4 is 4.74 Å². The van der Waals surface area contributed by atoms with Crippen molar-refractivity contribution < 1.29 is 28.2 Å². The number of aliphatic hydroxyl groups excluding tert-OH is 1. The van der Waals surface area contributed by atoms with Crippen LogP contribution in [0.4, 0.5) is 8.78 Å². The number of benzene rings is 1. The zero-order valence-electron chi connectivity index (χ0n) is 17.7. The Morgan fingerprint density at radius 2 is 1.77 bits per heavy atom. The maximum Gasteiger partial charge on any atom is 0.260 e. The van der Waals surface area contributed by atoms with Crippen molar-refractivity contribution in [3.8, 4) is 5.75 Å². The molecule has 0 radical (unpaired) electrons. The van der Waals surface area contributed by atoms with E-state index in [1.807, 2.05) is 29.2 Å². The summed E-state index contributed by atoms with van der Waals surface area (Å²) in [6.07, 6.45) is -0.794. The monoisotopic (exact) mass is 439 g/mol. The van der Waals surface area contributed by atoms with Gasteiger partial charge in [-0.05, 0) is 17.7 Å². The summed E-state index contributed by atoms with van der Waals surface area (Å²) < 4.78 is 37.7. The Labute approximate surface area is 181 Å². The van der Waals surface area contributed by atoms with E-state index in [1.165, 1.54) is 0 Å². The molecule has 0 saturated carbocycles. The molecule has 7 nitrogen and oxygen atoms in total. The van der Waals surface area contributed by atoms with Crippen molar-refractivity contribution in [1.29, 1.82) is 0 Å². The summed E-state index contributed by atoms with van der Waals surface area (Å²) in [4.78, 5) is 18.1. The van der Waals surface area contributed by atoms with Crippen LogP contribution in [-0.2, 0) is 16.1 Å². The minimum Gasteiger partial charge on any atom is -0.484 e. The molecule has 1 amide bonds. The predicted molar refractivity (Wildman–Crippen MR) is 110 cm³/mol. The van der Waals surface area contributed by atoms with E-state index in [1.54, 1.807) is 4.90 Å². The number of hydrogen-bond donors (Lipinski definition) is 1. The lowest BCUT2D eigenvalue weighted by atomic mass is 10.0. The standard InChI is InChI=1S/C22H31F2N3O4/c23-22(24)5-7-26(8-6-22)19-14-25(15-20(19)28)13-17-1-3-18(4-2-17)31-16-21(29)27-9-11-30-12-10-27/h1-4,19-20,28H,5-16H2/t19-,20-/m0/s1. The van der Waals surface area contributed by atoms with Crippen molar-refractivity contribution in [3.05, 3.63) is 29.8 Å². The Balaban J connectivity index is 1.23. The van der Waals surface area contributed by atoms with Crippen LogP contribution in [0.5, 0.6) is 5.75 Å². The Hall–Kier alpha value is -1.81. The van der Waals surface area contributed by atoms with E-state index in [-0.39, 0.29) is 31.4 Å². The zero-order valence-corrected chi connectivity index (χ0v) is 17.7. The molecule has 0 spiro atoms. The molecule has 0 unspecified atom stereocenters. The van der Waals surface area contributed by atoms with Crippen molar-refractivity contribution in [2.75, 3.05) is 59.1 Å². The maximum absolute atomic E-state index is 13.4. The minimum atomic E-state index is -2.57. The molecule has 2 atom stereocenters. The lowest BCUT2D eigenvalue weighted by Gasteiger charge is -2.36. The molecule has 31 heavy (non-hydrogen) atoms. The van der Waals surface area contributed by atoms with E-state index >= 15 is 0 Å². The van der Waals surface area contributed by atoms with E-state index < -0.39 is 12.0 Å². The van der Waals surface area contributed by atoms with Gasteiger partial charge in [-0.15, -0.1) is 0 Å². The summed E-state index contributed by atoms with van der Waals surface area (Å²) in [6.45, 7) is 4.87. The molecule has 3 aliphatic heterocycles. The van der Waals surface area contributed by atoms with E-state index in [0.717, 1.165) is 5.56 Å². The van der Waals surface area contributed by atoms with Crippen molar-refractivity contribution >= 4 is 5.91 Å². The first-order chi connectivity index (χ1) is 14.9. The van der Waals surface area contributed by atoms with Gasteiger partial charge in [-0.1, -0.05) is 12.1 Å². The lowest BCUT2D eigenvalue weighted by molar-refractivity contribution is -0.137. The summed E-state index contributed by atoms with van der Waals surface area (Å²) in [5, 5.41) is 10.5. The number of morpholine rings is 1. The zero-order chi connectivity index (χ0) is 21.8. The number of carbonyl (C=O) groups is 1. The number of amides is 1. The third-order valence-electron chi connectivity index (χ3n) is 6.39. The smallest absolute Gasteiger partial charge is 0.260 e. The molecule has 3 aliphatic rings. The fourth-order valence-corrected chi connectivity index (χ4v) is 4.52.